The molecule has 24 heavy (non-hydrogen) atoms. The number of nitrogens with one attached hydrogen (secondary N) is 1. The van der Waals surface area contributed by atoms with Crippen LogP contribution in [0.3, 0.4) is 0 Å². The van der Waals surface area contributed by atoms with E-state index in [0.29, 0.717) is 29.8 Å². The number of nitriles is 1. The van der Waals surface area contributed by atoms with Gasteiger partial charge >= 0.3 is 0 Å². The molecular formula is C17H25N5O2. The molecule has 1 aliphatic heterocycles. The highest BCUT2D eigenvalue weighted by Gasteiger charge is 2.25. The van der Waals surface area contributed by atoms with Crippen LogP contribution in [0.2, 0.25) is 0 Å². The van der Waals surface area contributed by atoms with Gasteiger partial charge in [-0.1, -0.05) is 13.8 Å². The van der Waals surface area contributed by atoms with Gasteiger partial charge in [-0.05, 0) is 19.0 Å². The van der Waals surface area contributed by atoms with Crippen molar-refractivity contribution in [1.82, 2.24) is 9.80 Å². The second-order valence-electron chi connectivity index (χ2n) is 6.63. The zero-order valence-electron chi connectivity index (χ0n) is 14.5. The van der Waals surface area contributed by atoms with E-state index in [-0.39, 0.29) is 5.69 Å². The molecule has 1 atom stereocenters. The molecule has 0 unspecified atom stereocenters. The first-order chi connectivity index (χ1) is 11.4. The summed E-state index contributed by atoms with van der Waals surface area (Å²) >= 11 is 0. The second kappa shape index (κ2) is 8.08. The lowest BCUT2D eigenvalue weighted by Gasteiger charge is -2.40. The highest BCUT2D eigenvalue weighted by atomic mass is 16.6. The van der Waals surface area contributed by atoms with Gasteiger partial charge in [0.2, 0.25) is 0 Å². The van der Waals surface area contributed by atoms with Gasteiger partial charge in [-0.2, -0.15) is 5.26 Å². The first-order valence-electron chi connectivity index (χ1n) is 8.27. The fourth-order valence-electron chi connectivity index (χ4n) is 3.05. The molecule has 1 saturated heterocycles. The molecule has 1 fully saturated rings. The number of hydrogen-bond acceptors (Lipinski definition) is 6. The first kappa shape index (κ1) is 18.2. The molecule has 0 aliphatic carbocycles. The lowest BCUT2D eigenvalue weighted by atomic mass is 10.0. The van der Waals surface area contributed by atoms with Crippen molar-refractivity contribution in [2.24, 2.45) is 5.92 Å². The fourth-order valence-corrected chi connectivity index (χ4v) is 3.05. The van der Waals surface area contributed by atoms with Crippen molar-refractivity contribution in [2.45, 2.75) is 19.9 Å². The van der Waals surface area contributed by atoms with Gasteiger partial charge in [0, 0.05) is 50.9 Å². The molecule has 0 bridgehead atoms. The van der Waals surface area contributed by atoms with Crippen molar-refractivity contribution in [3.63, 3.8) is 0 Å². The van der Waals surface area contributed by atoms with Crippen LogP contribution in [0.5, 0.6) is 0 Å². The Morgan fingerprint density at radius 3 is 2.54 bits per heavy atom. The van der Waals surface area contributed by atoms with Gasteiger partial charge in [-0.15, -0.1) is 0 Å². The number of nitrogens with zero attached hydrogens (tertiary/aromatic N) is 4. The van der Waals surface area contributed by atoms with E-state index in [2.05, 4.69) is 36.0 Å². The number of rotatable bonds is 6. The summed E-state index contributed by atoms with van der Waals surface area (Å²) in [5, 5.41) is 23.4. The van der Waals surface area contributed by atoms with Gasteiger partial charge in [-0.3, -0.25) is 15.0 Å². The van der Waals surface area contributed by atoms with E-state index in [1.807, 2.05) is 6.07 Å². The second-order valence-corrected chi connectivity index (χ2v) is 6.63. The summed E-state index contributed by atoms with van der Waals surface area (Å²) in [5.41, 5.74) is 0.907. The van der Waals surface area contributed by atoms with Gasteiger partial charge in [0.15, 0.2) is 0 Å². The summed E-state index contributed by atoms with van der Waals surface area (Å²) in [6.45, 7) is 9.30. The number of non-ortho nitro benzene ring substituents is 1. The normalized spacial score (nSPS) is 17.5. The summed E-state index contributed by atoms with van der Waals surface area (Å²) in [6, 6.07) is 6.78. The molecule has 0 saturated carbocycles. The van der Waals surface area contributed by atoms with Crippen molar-refractivity contribution in [3.05, 3.63) is 33.9 Å². The summed E-state index contributed by atoms with van der Waals surface area (Å²) in [6.07, 6.45) is 0. The summed E-state index contributed by atoms with van der Waals surface area (Å²) < 4.78 is 0. The predicted octanol–water partition coefficient (Wildman–Crippen LogP) is 2.15. The zero-order chi connectivity index (χ0) is 17.7. The lowest BCUT2D eigenvalue weighted by Crippen LogP contribution is -2.52. The molecule has 0 aromatic heterocycles. The maximum Gasteiger partial charge on any atom is 0.270 e. The Morgan fingerprint density at radius 1 is 1.33 bits per heavy atom. The highest BCUT2D eigenvalue weighted by molar-refractivity contribution is 5.61. The minimum atomic E-state index is -0.480. The summed E-state index contributed by atoms with van der Waals surface area (Å²) in [5.74, 6) is 0.476. The minimum absolute atomic E-state index is 0.0587. The van der Waals surface area contributed by atoms with Gasteiger partial charge in [-0.25, -0.2) is 0 Å². The Balaban J connectivity index is 2.07. The van der Waals surface area contributed by atoms with Crippen molar-refractivity contribution >= 4 is 11.4 Å². The van der Waals surface area contributed by atoms with Gasteiger partial charge in [0.25, 0.3) is 5.69 Å². The molecule has 7 heteroatoms. The molecule has 0 radical (unpaired) electrons. The van der Waals surface area contributed by atoms with Gasteiger partial charge in [0.1, 0.15) is 6.07 Å². The van der Waals surface area contributed by atoms with Crippen molar-refractivity contribution in [1.29, 1.82) is 5.26 Å². The smallest absolute Gasteiger partial charge is 0.270 e. The van der Waals surface area contributed by atoms with Crippen LogP contribution in [-0.4, -0.2) is 60.5 Å². The largest absolute Gasteiger partial charge is 0.382 e. The SMILES string of the molecule is CC(C)[C@H](CNc1ccc([N+](=O)[O-])cc1C#N)N1CCN(C)CC1. The van der Waals surface area contributed by atoms with Gasteiger partial charge < -0.3 is 10.2 Å². The van der Waals surface area contributed by atoms with Crippen molar-refractivity contribution < 1.29 is 4.92 Å². The van der Waals surface area contributed by atoms with Crippen LogP contribution in [0.25, 0.3) is 0 Å². The lowest BCUT2D eigenvalue weighted by molar-refractivity contribution is -0.384. The molecule has 0 amide bonds. The van der Waals surface area contributed by atoms with E-state index in [1.165, 1.54) is 12.1 Å². The van der Waals surface area contributed by atoms with Gasteiger partial charge in [0.05, 0.1) is 16.2 Å². The minimum Gasteiger partial charge on any atom is -0.382 e. The van der Waals surface area contributed by atoms with E-state index >= 15 is 0 Å². The average Bonchev–Trinajstić information content (AvgIpc) is 2.56. The molecule has 1 aliphatic rings. The third kappa shape index (κ3) is 4.43. The van der Waals surface area contributed by atoms with Crippen LogP contribution in [-0.2, 0) is 0 Å². The molecule has 2 rings (SSSR count). The van der Waals surface area contributed by atoms with Crippen LogP contribution in [0.15, 0.2) is 18.2 Å². The molecular weight excluding hydrogens is 306 g/mol. The maximum absolute atomic E-state index is 10.8. The molecule has 1 aromatic carbocycles. The summed E-state index contributed by atoms with van der Waals surface area (Å²) in [7, 11) is 2.13. The topological polar surface area (TPSA) is 85.4 Å². The standard InChI is InChI=1S/C17H25N5O2/c1-13(2)17(21-8-6-20(3)7-9-21)12-19-16-5-4-15(22(23)24)10-14(16)11-18/h4-5,10,13,17,19H,6-9,12H2,1-3H3/t17-/m0/s1. The average molecular weight is 331 g/mol. The predicted molar refractivity (Wildman–Crippen MR) is 94.0 cm³/mol. The third-order valence-corrected chi connectivity index (χ3v) is 4.61. The van der Waals surface area contributed by atoms with E-state index in [0.717, 1.165) is 26.2 Å². The van der Waals surface area contributed by atoms with Crippen LogP contribution < -0.4 is 5.32 Å². The quantitative estimate of drug-likeness (QED) is 0.635. The van der Waals surface area contributed by atoms with E-state index in [4.69, 9.17) is 0 Å². The number of hydrogen-bond donors (Lipinski definition) is 1. The van der Waals surface area contributed by atoms with Crippen molar-refractivity contribution in [2.75, 3.05) is 45.1 Å². The molecule has 1 aromatic rings. The number of anilines is 1. The molecule has 1 heterocycles. The molecule has 0 spiro atoms. The van der Waals surface area contributed by atoms with Crippen LogP contribution in [0.1, 0.15) is 19.4 Å². The van der Waals surface area contributed by atoms with Crippen LogP contribution >= 0.6 is 0 Å². The monoisotopic (exact) mass is 331 g/mol. The number of nitro benzene ring substituents is 1. The van der Waals surface area contributed by atoms with E-state index in [9.17, 15) is 15.4 Å². The van der Waals surface area contributed by atoms with Crippen LogP contribution in [0, 0.1) is 27.4 Å². The van der Waals surface area contributed by atoms with E-state index in [1.54, 1.807) is 6.07 Å². The highest BCUT2D eigenvalue weighted by Crippen LogP contribution is 2.22. The fraction of sp³-hybridized carbons (Fsp3) is 0.588. The Labute approximate surface area is 143 Å². The van der Waals surface area contributed by atoms with Crippen molar-refractivity contribution in [3.8, 4) is 6.07 Å². The first-order valence-corrected chi connectivity index (χ1v) is 8.27. The number of piperazine rings is 1. The number of benzene rings is 1. The van der Waals surface area contributed by atoms with Crippen LogP contribution in [0.4, 0.5) is 11.4 Å². The number of likely N-dealkylation sites (N-methyl/N-ethyl adjacent to an activating group) is 1. The third-order valence-electron chi connectivity index (χ3n) is 4.61. The molecule has 1 N–H and O–H groups in total. The maximum atomic E-state index is 10.8. The summed E-state index contributed by atoms with van der Waals surface area (Å²) in [4.78, 5) is 15.2. The number of nitro groups is 1. The Hall–Kier alpha value is -2.17. The van der Waals surface area contributed by atoms with E-state index < -0.39 is 4.92 Å². The Kier molecular flexibility index (Phi) is 6.12. The Bertz CT molecular complexity index is 618. The zero-order valence-corrected chi connectivity index (χ0v) is 14.5. The molecule has 130 valence electrons. The molecule has 7 nitrogen and oxygen atoms in total. The Morgan fingerprint density at radius 2 is 2.00 bits per heavy atom.